The molecule has 1 heterocycles. The second kappa shape index (κ2) is 3.36. The van der Waals surface area contributed by atoms with Gasteiger partial charge >= 0.3 is 0 Å². The van der Waals surface area contributed by atoms with E-state index in [-0.39, 0.29) is 5.60 Å². The summed E-state index contributed by atoms with van der Waals surface area (Å²) in [5, 5.41) is 0.800. The van der Waals surface area contributed by atoms with Crippen LogP contribution in [0.4, 0.5) is 0 Å². The van der Waals surface area contributed by atoms with E-state index in [0.717, 1.165) is 5.25 Å². The smallest absolute Gasteiger partial charge is 0.0640 e. The molecule has 0 spiro atoms. The van der Waals surface area contributed by atoms with E-state index in [1.54, 1.807) is 0 Å². The molecule has 0 aromatic heterocycles. The molecule has 66 valence electrons. The Labute approximate surface area is 73.9 Å². The van der Waals surface area contributed by atoms with Gasteiger partial charge in [0.15, 0.2) is 0 Å². The zero-order valence-electron chi connectivity index (χ0n) is 7.89. The quantitative estimate of drug-likeness (QED) is 0.604. The maximum absolute atomic E-state index is 5.79. The first kappa shape index (κ1) is 9.40. The lowest BCUT2D eigenvalue weighted by molar-refractivity contribution is -0.0953. The van der Waals surface area contributed by atoms with Crippen molar-refractivity contribution >= 4 is 11.8 Å². The van der Waals surface area contributed by atoms with E-state index in [2.05, 4.69) is 27.0 Å². The lowest BCUT2D eigenvalue weighted by atomic mass is 9.95. The van der Waals surface area contributed by atoms with Crippen molar-refractivity contribution < 1.29 is 4.74 Å². The summed E-state index contributed by atoms with van der Waals surface area (Å²) in [6.45, 7) is 6.54. The number of ether oxygens (including phenoxy) is 1. The Balaban J connectivity index is 2.51. The molecule has 1 nitrogen and oxygen atoms in total. The van der Waals surface area contributed by atoms with Crippen LogP contribution in [0.3, 0.4) is 0 Å². The largest absolute Gasteiger partial charge is 0.373 e. The van der Waals surface area contributed by atoms with Crippen LogP contribution in [-0.4, -0.2) is 23.2 Å². The Kier molecular flexibility index (Phi) is 2.87. The third kappa shape index (κ3) is 2.68. The van der Waals surface area contributed by atoms with Crippen molar-refractivity contribution in [3.8, 4) is 0 Å². The second-order valence-electron chi connectivity index (χ2n) is 3.99. The van der Waals surface area contributed by atoms with Crippen LogP contribution in [0.1, 0.15) is 33.6 Å². The molecule has 0 aliphatic carbocycles. The Morgan fingerprint density at radius 3 is 2.55 bits per heavy atom. The van der Waals surface area contributed by atoms with Gasteiger partial charge in [0.25, 0.3) is 0 Å². The molecule has 1 rings (SSSR count). The second-order valence-corrected chi connectivity index (χ2v) is 5.12. The molecule has 11 heavy (non-hydrogen) atoms. The summed E-state index contributed by atoms with van der Waals surface area (Å²) in [5.41, 5.74) is 0.103. The van der Waals surface area contributed by atoms with E-state index < -0.39 is 0 Å². The molecule has 2 heteroatoms. The molecule has 0 amide bonds. The lowest BCUT2D eigenvalue weighted by Gasteiger charge is -2.38. The standard InChI is InChI=1S/C9H18OS/c1-7-5-8(11-4)6-9(2,3)10-7/h7-8H,5-6H2,1-4H3. The lowest BCUT2D eigenvalue weighted by Crippen LogP contribution is -2.39. The van der Waals surface area contributed by atoms with E-state index in [0.29, 0.717) is 6.10 Å². The van der Waals surface area contributed by atoms with Crippen molar-refractivity contribution in [3.63, 3.8) is 0 Å². The highest BCUT2D eigenvalue weighted by atomic mass is 32.2. The van der Waals surface area contributed by atoms with Gasteiger partial charge in [0.05, 0.1) is 11.7 Å². The van der Waals surface area contributed by atoms with Gasteiger partial charge in [-0.15, -0.1) is 0 Å². The molecule has 0 radical (unpaired) electrons. The summed E-state index contributed by atoms with van der Waals surface area (Å²) in [6, 6.07) is 0. The van der Waals surface area contributed by atoms with Gasteiger partial charge < -0.3 is 4.74 Å². The van der Waals surface area contributed by atoms with E-state index in [1.807, 2.05) is 11.8 Å². The Hall–Kier alpha value is 0.310. The summed E-state index contributed by atoms with van der Waals surface area (Å²) in [7, 11) is 0. The summed E-state index contributed by atoms with van der Waals surface area (Å²) in [5.74, 6) is 0. The van der Waals surface area contributed by atoms with Crippen molar-refractivity contribution in [1.29, 1.82) is 0 Å². The first-order valence-electron chi connectivity index (χ1n) is 4.24. The maximum atomic E-state index is 5.79. The van der Waals surface area contributed by atoms with Crippen molar-refractivity contribution in [2.75, 3.05) is 6.26 Å². The third-order valence-electron chi connectivity index (χ3n) is 2.17. The highest BCUT2D eigenvalue weighted by Gasteiger charge is 2.31. The first-order chi connectivity index (χ1) is 5.03. The van der Waals surface area contributed by atoms with E-state index in [9.17, 15) is 0 Å². The molecule has 1 saturated heterocycles. The maximum Gasteiger partial charge on any atom is 0.0640 e. The minimum atomic E-state index is 0.103. The van der Waals surface area contributed by atoms with Gasteiger partial charge in [-0.3, -0.25) is 0 Å². The molecule has 1 aliphatic heterocycles. The number of thioether (sulfide) groups is 1. The predicted octanol–water partition coefficient (Wildman–Crippen LogP) is 2.70. The highest BCUT2D eigenvalue weighted by molar-refractivity contribution is 7.99. The van der Waals surface area contributed by atoms with Crippen LogP contribution < -0.4 is 0 Å². The van der Waals surface area contributed by atoms with E-state index in [4.69, 9.17) is 4.74 Å². The van der Waals surface area contributed by atoms with Crippen LogP contribution in [0.5, 0.6) is 0 Å². The van der Waals surface area contributed by atoms with Crippen molar-refractivity contribution in [3.05, 3.63) is 0 Å². The normalized spacial score (nSPS) is 37.1. The summed E-state index contributed by atoms with van der Waals surface area (Å²) in [4.78, 5) is 0. The monoisotopic (exact) mass is 174 g/mol. The summed E-state index contributed by atoms with van der Waals surface area (Å²) in [6.07, 6.45) is 5.04. The molecular formula is C9H18OS. The molecule has 0 bridgehead atoms. The average molecular weight is 174 g/mol. The first-order valence-corrected chi connectivity index (χ1v) is 5.53. The van der Waals surface area contributed by atoms with E-state index in [1.165, 1.54) is 12.8 Å². The van der Waals surface area contributed by atoms with Gasteiger partial charge in [-0.1, -0.05) is 0 Å². The molecule has 0 aromatic carbocycles. The number of hydrogen-bond donors (Lipinski definition) is 0. The number of hydrogen-bond acceptors (Lipinski definition) is 2. The highest BCUT2D eigenvalue weighted by Crippen LogP contribution is 2.33. The van der Waals surface area contributed by atoms with Gasteiger partial charge in [-0.25, -0.2) is 0 Å². The molecule has 2 atom stereocenters. The topological polar surface area (TPSA) is 9.23 Å². The molecule has 1 fully saturated rings. The van der Waals surface area contributed by atoms with Crippen molar-refractivity contribution in [1.82, 2.24) is 0 Å². The average Bonchev–Trinajstić information content (AvgIpc) is 1.83. The fourth-order valence-corrected chi connectivity index (χ4v) is 2.85. The van der Waals surface area contributed by atoms with Gasteiger partial charge in [0, 0.05) is 5.25 Å². The SMILES string of the molecule is CSC1CC(C)OC(C)(C)C1. The van der Waals surface area contributed by atoms with Crippen LogP contribution in [0, 0.1) is 0 Å². The zero-order chi connectivity index (χ0) is 8.48. The summed E-state index contributed by atoms with van der Waals surface area (Å²) >= 11 is 1.97. The minimum absolute atomic E-state index is 0.103. The third-order valence-corrected chi connectivity index (χ3v) is 3.19. The zero-order valence-corrected chi connectivity index (χ0v) is 8.70. The molecule has 0 N–H and O–H groups in total. The van der Waals surface area contributed by atoms with Crippen LogP contribution in [0.25, 0.3) is 0 Å². The van der Waals surface area contributed by atoms with Crippen LogP contribution in [-0.2, 0) is 4.74 Å². The van der Waals surface area contributed by atoms with Gasteiger partial charge in [0.1, 0.15) is 0 Å². The Morgan fingerprint density at radius 1 is 1.45 bits per heavy atom. The predicted molar refractivity (Wildman–Crippen MR) is 51.2 cm³/mol. The number of rotatable bonds is 1. The van der Waals surface area contributed by atoms with Gasteiger partial charge in [-0.05, 0) is 39.9 Å². The van der Waals surface area contributed by atoms with Crippen LogP contribution >= 0.6 is 11.8 Å². The molecule has 0 saturated carbocycles. The van der Waals surface area contributed by atoms with Gasteiger partial charge in [0.2, 0.25) is 0 Å². The summed E-state index contributed by atoms with van der Waals surface area (Å²) < 4.78 is 5.79. The van der Waals surface area contributed by atoms with E-state index >= 15 is 0 Å². The molecular weight excluding hydrogens is 156 g/mol. The Morgan fingerprint density at radius 2 is 2.09 bits per heavy atom. The fraction of sp³-hybridized carbons (Fsp3) is 1.00. The van der Waals surface area contributed by atoms with Crippen molar-refractivity contribution in [2.24, 2.45) is 0 Å². The molecule has 0 aromatic rings. The van der Waals surface area contributed by atoms with Crippen molar-refractivity contribution in [2.45, 2.75) is 50.6 Å². The minimum Gasteiger partial charge on any atom is -0.373 e. The van der Waals surface area contributed by atoms with Crippen LogP contribution in [0.2, 0.25) is 0 Å². The fourth-order valence-electron chi connectivity index (χ4n) is 1.82. The van der Waals surface area contributed by atoms with Crippen LogP contribution in [0.15, 0.2) is 0 Å². The van der Waals surface area contributed by atoms with Gasteiger partial charge in [-0.2, -0.15) is 11.8 Å². The Bertz CT molecular complexity index is 134. The molecule has 2 unspecified atom stereocenters. The molecule has 1 aliphatic rings.